The van der Waals surface area contributed by atoms with E-state index in [4.69, 9.17) is 0 Å². The molecule has 4 rings (SSSR count). The highest BCUT2D eigenvalue weighted by molar-refractivity contribution is 5.69. The number of rotatable bonds is 3. The summed E-state index contributed by atoms with van der Waals surface area (Å²) in [6.45, 7) is 2.65. The predicted molar refractivity (Wildman–Crippen MR) is 102 cm³/mol. The lowest BCUT2D eigenvalue weighted by Crippen LogP contribution is -2.47. The standard InChI is InChI=1S/C23H24F3N/c1-16-10-18(12-20(11-16)23(24,25)26)19-13-21-8-5-9-22(14-19)27(21)15-17-6-3-2-4-7-17/h2-4,6-7,10-13,21-22H,5,8-9,14-15H2,1H3. The summed E-state index contributed by atoms with van der Waals surface area (Å²) in [5.74, 6) is 0. The van der Waals surface area contributed by atoms with Crippen molar-refractivity contribution in [2.45, 2.75) is 57.4 Å². The molecule has 1 saturated heterocycles. The Morgan fingerprint density at radius 2 is 1.81 bits per heavy atom. The molecule has 0 spiro atoms. The lowest BCUT2D eigenvalue weighted by molar-refractivity contribution is -0.137. The van der Waals surface area contributed by atoms with Gasteiger partial charge in [0.15, 0.2) is 0 Å². The zero-order chi connectivity index (χ0) is 19.0. The molecule has 2 aromatic rings. The van der Waals surface area contributed by atoms with Gasteiger partial charge in [0.2, 0.25) is 0 Å². The molecule has 2 atom stereocenters. The number of halogens is 3. The molecule has 1 fully saturated rings. The van der Waals surface area contributed by atoms with Gasteiger partial charge in [-0.25, -0.2) is 0 Å². The van der Waals surface area contributed by atoms with Gasteiger partial charge in [0.1, 0.15) is 0 Å². The van der Waals surface area contributed by atoms with Gasteiger partial charge in [-0.05, 0) is 60.6 Å². The van der Waals surface area contributed by atoms with E-state index in [1.165, 1.54) is 24.1 Å². The van der Waals surface area contributed by atoms with E-state index in [2.05, 4.69) is 35.2 Å². The minimum atomic E-state index is -4.30. The number of hydrogen-bond donors (Lipinski definition) is 0. The van der Waals surface area contributed by atoms with E-state index < -0.39 is 11.7 Å². The number of aryl methyl sites for hydroxylation is 1. The molecule has 0 aromatic heterocycles. The molecule has 0 radical (unpaired) electrons. The lowest BCUT2D eigenvalue weighted by atomic mass is 9.82. The fourth-order valence-corrected chi connectivity index (χ4v) is 4.50. The summed E-state index contributed by atoms with van der Waals surface area (Å²) in [4.78, 5) is 2.53. The van der Waals surface area contributed by atoms with Crippen molar-refractivity contribution in [2.75, 3.05) is 0 Å². The first-order chi connectivity index (χ1) is 12.9. The van der Waals surface area contributed by atoms with Crippen molar-refractivity contribution in [3.8, 4) is 0 Å². The Morgan fingerprint density at radius 3 is 2.52 bits per heavy atom. The predicted octanol–water partition coefficient (Wildman–Crippen LogP) is 6.22. The highest BCUT2D eigenvalue weighted by atomic mass is 19.4. The summed E-state index contributed by atoms with van der Waals surface area (Å²) >= 11 is 0. The largest absolute Gasteiger partial charge is 0.416 e. The van der Waals surface area contributed by atoms with E-state index in [-0.39, 0.29) is 0 Å². The molecule has 0 saturated carbocycles. The number of hydrogen-bond acceptors (Lipinski definition) is 1. The molecular formula is C23H24F3N. The third-order valence-corrected chi connectivity index (χ3v) is 5.76. The highest BCUT2D eigenvalue weighted by Gasteiger charge is 2.35. The topological polar surface area (TPSA) is 3.24 Å². The second-order valence-corrected chi connectivity index (χ2v) is 7.79. The summed E-state index contributed by atoms with van der Waals surface area (Å²) in [5, 5.41) is 0. The average Bonchev–Trinajstić information content (AvgIpc) is 2.61. The smallest absolute Gasteiger partial charge is 0.289 e. The van der Waals surface area contributed by atoms with Crippen molar-refractivity contribution in [1.82, 2.24) is 4.90 Å². The molecule has 27 heavy (non-hydrogen) atoms. The maximum absolute atomic E-state index is 13.2. The zero-order valence-corrected chi connectivity index (χ0v) is 15.5. The second kappa shape index (κ2) is 7.16. The van der Waals surface area contributed by atoms with Gasteiger partial charge in [-0.15, -0.1) is 0 Å². The molecule has 142 valence electrons. The highest BCUT2D eigenvalue weighted by Crippen LogP contribution is 2.39. The fourth-order valence-electron chi connectivity index (χ4n) is 4.50. The molecule has 0 N–H and O–H groups in total. The average molecular weight is 371 g/mol. The molecule has 2 bridgehead atoms. The summed E-state index contributed by atoms with van der Waals surface area (Å²) in [5.41, 5.74) is 3.22. The van der Waals surface area contributed by atoms with Crippen LogP contribution >= 0.6 is 0 Å². The van der Waals surface area contributed by atoms with Crippen molar-refractivity contribution >= 4 is 5.57 Å². The minimum absolute atomic E-state index is 0.308. The molecule has 2 unspecified atom stereocenters. The number of alkyl halides is 3. The Kier molecular flexibility index (Phi) is 4.85. The van der Waals surface area contributed by atoms with E-state index in [0.717, 1.165) is 36.9 Å². The van der Waals surface area contributed by atoms with E-state index in [1.54, 1.807) is 6.92 Å². The molecule has 2 aromatic carbocycles. The fraction of sp³-hybridized carbons (Fsp3) is 0.391. The van der Waals surface area contributed by atoms with Crippen LogP contribution in [0.2, 0.25) is 0 Å². The van der Waals surface area contributed by atoms with Gasteiger partial charge in [-0.1, -0.05) is 48.9 Å². The van der Waals surface area contributed by atoms with E-state index in [0.29, 0.717) is 17.6 Å². The molecule has 4 heteroatoms. The van der Waals surface area contributed by atoms with E-state index in [9.17, 15) is 13.2 Å². The third kappa shape index (κ3) is 3.96. The van der Waals surface area contributed by atoms with Crippen molar-refractivity contribution in [1.29, 1.82) is 0 Å². The van der Waals surface area contributed by atoms with Crippen LogP contribution in [0.1, 0.15) is 47.9 Å². The van der Waals surface area contributed by atoms with Crippen LogP contribution in [0.4, 0.5) is 13.2 Å². The molecule has 2 heterocycles. The first-order valence-corrected chi connectivity index (χ1v) is 9.60. The SMILES string of the molecule is Cc1cc(C2=CC3CCCC(C2)N3Cc2ccccc2)cc(C(F)(F)F)c1. The lowest BCUT2D eigenvalue weighted by Gasteiger charge is -2.45. The quantitative estimate of drug-likeness (QED) is 0.619. The number of fused-ring (bicyclic) bond motifs is 2. The monoisotopic (exact) mass is 371 g/mol. The van der Waals surface area contributed by atoms with Crippen LogP contribution < -0.4 is 0 Å². The Hall–Kier alpha value is -2.07. The van der Waals surface area contributed by atoms with Gasteiger partial charge >= 0.3 is 6.18 Å². The molecule has 2 aliphatic heterocycles. The van der Waals surface area contributed by atoms with Crippen molar-refractivity contribution in [3.63, 3.8) is 0 Å². The van der Waals surface area contributed by atoms with Gasteiger partial charge in [-0.2, -0.15) is 13.2 Å². The minimum Gasteiger partial charge on any atom is -0.289 e. The maximum atomic E-state index is 13.2. The number of benzene rings is 2. The summed E-state index contributed by atoms with van der Waals surface area (Å²) in [6.07, 6.45) is 2.11. The van der Waals surface area contributed by atoms with Crippen LogP contribution in [0.3, 0.4) is 0 Å². The normalized spacial score (nSPS) is 23.2. The van der Waals surface area contributed by atoms with Gasteiger partial charge in [-0.3, -0.25) is 4.90 Å². The van der Waals surface area contributed by atoms with E-state index in [1.807, 2.05) is 12.1 Å². The summed E-state index contributed by atoms with van der Waals surface area (Å²) < 4.78 is 39.7. The van der Waals surface area contributed by atoms with Gasteiger partial charge in [0.05, 0.1) is 5.56 Å². The first-order valence-electron chi connectivity index (χ1n) is 9.60. The van der Waals surface area contributed by atoms with Crippen molar-refractivity contribution < 1.29 is 13.2 Å². The molecule has 0 amide bonds. The molecule has 1 nitrogen and oxygen atoms in total. The Bertz CT molecular complexity index is 838. The number of piperidine rings is 1. The van der Waals surface area contributed by atoms with Crippen LogP contribution in [-0.2, 0) is 12.7 Å². The van der Waals surface area contributed by atoms with E-state index >= 15 is 0 Å². The van der Waals surface area contributed by atoms with Gasteiger partial charge in [0.25, 0.3) is 0 Å². The van der Waals surface area contributed by atoms with Crippen LogP contribution in [0, 0.1) is 6.92 Å². The summed E-state index contributed by atoms with van der Waals surface area (Å²) in [6, 6.07) is 15.6. The molecular weight excluding hydrogens is 347 g/mol. The summed E-state index contributed by atoms with van der Waals surface area (Å²) in [7, 11) is 0. The Balaban J connectivity index is 1.64. The zero-order valence-electron chi connectivity index (χ0n) is 15.5. The Labute approximate surface area is 158 Å². The van der Waals surface area contributed by atoms with Gasteiger partial charge < -0.3 is 0 Å². The number of nitrogens with zero attached hydrogens (tertiary/aromatic N) is 1. The Morgan fingerprint density at radius 1 is 1.04 bits per heavy atom. The third-order valence-electron chi connectivity index (χ3n) is 5.76. The maximum Gasteiger partial charge on any atom is 0.416 e. The van der Waals surface area contributed by atoms with Crippen LogP contribution in [-0.4, -0.2) is 17.0 Å². The van der Waals surface area contributed by atoms with Crippen molar-refractivity contribution in [3.05, 3.63) is 76.9 Å². The molecule has 2 aliphatic rings. The first kappa shape index (κ1) is 18.3. The van der Waals surface area contributed by atoms with Crippen LogP contribution in [0.5, 0.6) is 0 Å². The van der Waals surface area contributed by atoms with Crippen molar-refractivity contribution in [2.24, 2.45) is 0 Å². The second-order valence-electron chi connectivity index (χ2n) is 7.79. The van der Waals surface area contributed by atoms with Gasteiger partial charge in [0, 0.05) is 18.6 Å². The molecule has 0 aliphatic carbocycles. The van der Waals surface area contributed by atoms with Crippen LogP contribution in [0.25, 0.3) is 5.57 Å². The van der Waals surface area contributed by atoms with Crippen LogP contribution in [0.15, 0.2) is 54.6 Å².